The monoisotopic (exact) mass is 276 g/mol. The Bertz CT molecular complexity index is 315. The molecule has 0 aromatic heterocycles. The Labute approximate surface area is 127 Å². The Morgan fingerprint density at radius 2 is 1.40 bits per heavy atom. The normalized spacial score (nSPS) is 46.2. The van der Waals surface area contributed by atoms with Gasteiger partial charge in [0.15, 0.2) is 0 Å². The van der Waals surface area contributed by atoms with Gasteiger partial charge in [-0.2, -0.15) is 0 Å². The molecule has 20 heavy (non-hydrogen) atoms. The minimum absolute atomic E-state index is 0.544. The molecule has 3 saturated carbocycles. The van der Waals surface area contributed by atoms with E-state index in [0.29, 0.717) is 5.41 Å². The molecule has 3 aliphatic rings. The standard InChI is InChI=1S/C20H36/c1-14-12-16-6-5-7-18(19(16)13-14)15-8-10-17(11-9-15)20(2,3)4/h14-19H,5-13H2,1-4H3. The van der Waals surface area contributed by atoms with Crippen molar-refractivity contribution >= 4 is 0 Å². The highest BCUT2D eigenvalue weighted by Gasteiger charge is 2.43. The molecule has 116 valence electrons. The van der Waals surface area contributed by atoms with Crippen molar-refractivity contribution < 1.29 is 0 Å². The molecule has 3 rings (SSSR count). The van der Waals surface area contributed by atoms with Crippen LogP contribution in [-0.2, 0) is 0 Å². The lowest BCUT2D eigenvalue weighted by molar-refractivity contribution is 0.0641. The number of rotatable bonds is 1. The van der Waals surface area contributed by atoms with Gasteiger partial charge in [0.05, 0.1) is 0 Å². The van der Waals surface area contributed by atoms with Gasteiger partial charge in [-0.25, -0.2) is 0 Å². The molecule has 0 spiro atoms. The highest BCUT2D eigenvalue weighted by molar-refractivity contribution is 4.93. The lowest BCUT2D eigenvalue weighted by Crippen LogP contribution is -2.34. The molecule has 4 atom stereocenters. The summed E-state index contributed by atoms with van der Waals surface area (Å²) in [6, 6.07) is 0. The Morgan fingerprint density at radius 3 is 2.05 bits per heavy atom. The smallest absolute Gasteiger partial charge is 0.0352 e. The van der Waals surface area contributed by atoms with Crippen molar-refractivity contribution in [3.8, 4) is 0 Å². The van der Waals surface area contributed by atoms with E-state index in [1.54, 1.807) is 38.5 Å². The SMILES string of the molecule is CC1CC2CCCC(C3CCC(C(C)(C)C)CC3)C2C1. The lowest BCUT2D eigenvalue weighted by atomic mass is 9.61. The van der Waals surface area contributed by atoms with Crippen LogP contribution in [0.3, 0.4) is 0 Å². The van der Waals surface area contributed by atoms with Gasteiger partial charge in [-0.15, -0.1) is 0 Å². The molecule has 3 aliphatic carbocycles. The van der Waals surface area contributed by atoms with Gasteiger partial charge in [0.1, 0.15) is 0 Å². The van der Waals surface area contributed by atoms with Gasteiger partial charge in [-0.05, 0) is 85.9 Å². The van der Waals surface area contributed by atoms with Crippen LogP contribution in [0.4, 0.5) is 0 Å². The first kappa shape index (κ1) is 14.9. The summed E-state index contributed by atoms with van der Waals surface area (Å²) in [7, 11) is 0. The van der Waals surface area contributed by atoms with Crippen LogP contribution in [0.15, 0.2) is 0 Å². The second-order valence-corrected chi connectivity index (χ2v) is 9.57. The van der Waals surface area contributed by atoms with E-state index in [1.165, 1.54) is 19.3 Å². The molecule has 0 bridgehead atoms. The summed E-state index contributed by atoms with van der Waals surface area (Å²) in [6.07, 6.45) is 13.9. The first-order chi connectivity index (χ1) is 9.45. The number of fused-ring (bicyclic) bond motifs is 1. The van der Waals surface area contributed by atoms with Crippen molar-refractivity contribution in [2.75, 3.05) is 0 Å². The molecule has 0 heteroatoms. The maximum Gasteiger partial charge on any atom is -0.0352 e. The van der Waals surface area contributed by atoms with E-state index in [2.05, 4.69) is 27.7 Å². The first-order valence-corrected chi connectivity index (χ1v) is 9.45. The summed E-state index contributed by atoms with van der Waals surface area (Å²) in [5.74, 6) is 6.45. The quantitative estimate of drug-likeness (QED) is 0.527. The zero-order valence-electron chi connectivity index (χ0n) is 14.3. The van der Waals surface area contributed by atoms with Crippen molar-refractivity contribution in [1.29, 1.82) is 0 Å². The van der Waals surface area contributed by atoms with Crippen LogP contribution in [0.5, 0.6) is 0 Å². The molecular weight excluding hydrogens is 240 g/mol. The van der Waals surface area contributed by atoms with E-state index in [1.807, 2.05) is 0 Å². The molecular formula is C20H36. The van der Waals surface area contributed by atoms with Gasteiger partial charge >= 0.3 is 0 Å². The third-order valence-corrected chi connectivity index (χ3v) is 7.25. The minimum Gasteiger partial charge on any atom is -0.0625 e. The predicted molar refractivity (Wildman–Crippen MR) is 87.6 cm³/mol. The van der Waals surface area contributed by atoms with E-state index in [9.17, 15) is 0 Å². The van der Waals surface area contributed by atoms with E-state index >= 15 is 0 Å². The average Bonchev–Trinajstić information content (AvgIpc) is 2.78. The van der Waals surface area contributed by atoms with Gasteiger partial charge in [0.2, 0.25) is 0 Å². The third-order valence-electron chi connectivity index (χ3n) is 7.25. The highest BCUT2D eigenvalue weighted by atomic mass is 14.5. The predicted octanol–water partition coefficient (Wildman–Crippen LogP) is 6.30. The van der Waals surface area contributed by atoms with Crippen molar-refractivity contribution in [3.63, 3.8) is 0 Å². The number of hydrogen-bond donors (Lipinski definition) is 0. The Balaban J connectivity index is 1.60. The summed E-state index contributed by atoms with van der Waals surface area (Å²) in [5, 5.41) is 0. The molecule has 0 nitrogen and oxygen atoms in total. The molecule has 0 aromatic carbocycles. The van der Waals surface area contributed by atoms with Crippen LogP contribution in [0.25, 0.3) is 0 Å². The molecule has 0 aliphatic heterocycles. The molecule has 0 heterocycles. The largest absolute Gasteiger partial charge is 0.0625 e. The van der Waals surface area contributed by atoms with E-state index in [0.717, 1.165) is 35.5 Å². The van der Waals surface area contributed by atoms with Gasteiger partial charge in [-0.3, -0.25) is 0 Å². The van der Waals surface area contributed by atoms with Crippen molar-refractivity contribution in [2.24, 2.45) is 40.9 Å². The third kappa shape index (κ3) is 2.95. The zero-order chi connectivity index (χ0) is 14.3. The van der Waals surface area contributed by atoms with E-state index in [-0.39, 0.29) is 0 Å². The summed E-state index contributed by atoms with van der Waals surface area (Å²) in [4.78, 5) is 0. The minimum atomic E-state index is 0.544. The molecule has 0 radical (unpaired) electrons. The summed E-state index contributed by atoms with van der Waals surface area (Å²) in [6.45, 7) is 9.86. The fourth-order valence-corrected chi connectivity index (χ4v) is 6.13. The maximum absolute atomic E-state index is 2.51. The van der Waals surface area contributed by atoms with Crippen LogP contribution in [0.2, 0.25) is 0 Å². The summed E-state index contributed by atoms with van der Waals surface area (Å²) < 4.78 is 0. The van der Waals surface area contributed by atoms with Gasteiger partial charge in [-0.1, -0.05) is 40.5 Å². The molecule has 0 amide bonds. The molecule has 4 unspecified atom stereocenters. The molecule has 3 fully saturated rings. The summed E-state index contributed by atoms with van der Waals surface area (Å²) in [5.41, 5.74) is 0.544. The van der Waals surface area contributed by atoms with Crippen LogP contribution in [0, 0.1) is 40.9 Å². The Morgan fingerprint density at radius 1 is 0.700 bits per heavy atom. The molecule has 0 aromatic rings. The van der Waals surface area contributed by atoms with Gasteiger partial charge < -0.3 is 0 Å². The topological polar surface area (TPSA) is 0 Å². The van der Waals surface area contributed by atoms with Crippen molar-refractivity contribution in [2.45, 2.75) is 85.5 Å². The fourth-order valence-electron chi connectivity index (χ4n) is 6.13. The van der Waals surface area contributed by atoms with Gasteiger partial charge in [0.25, 0.3) is 0 Å². The molecule has 0 N–H and O–H groups in total. The molecule has 0 saturated heterocycles. The van der Waals surface area contributed by atoms with E-state index in [4.69, 9.17) is 0 Å². The van der Waals surface area contributed by atoms with Crippen molar-refractivity contribution in [1.82, 2.24) is 0 Å². The first-order valence-electron chi connectivity index (χ1n) is 9.45. The van der Waals surface area contributed by atoms with Crippen LogP contribution >= 0.6 is 0 Å². The fraction of sp³-hybridized carbons (Fsp3) is 1.00. The summed E-state index contributed by atoms with van der Waals surface area (Å²) >= 11 is 0. The Hall–Kier alpha value is 0. The van der Waals surface area contributed by atoms with Crippen molar-refractivity contribution in [3.05, 3.63) is 0 Å². The lowest BCUT2D eigenvalue weighted by Gasteiger charge is -2.44. The van der Waals surface area contributed by atoms with Crippen LogP contribution in [-0.4, -0.2) is 0 Å². The van der Waals surface area contributed by atoms with Crippen LogP contribution < -0.4 is 0 Å². The van der Waals surface area contributed by atoms with Crippen LogP contribution in [0.1, 0.15) is 85.5 Å². The second kappa shape index (κ2) is 5.65. The highest BCUT2D eigenvalue weighted by Crippen LogP contribution is 2.53. The average molecular weight is 277 g/mol. The zero-order valence-corrected chi connectivity index (χ0v) is 14.3. The Kier molecular flexibility index (Phi) is 4.22. The second-order valence-electron chi connectivity index (χ2n) is 9.57. The number of hydrogen-bond acceptors (Lipinski definition) is 0. The maximum atomic E-state index is 2.51. The van der Waals surface area contributed by atoms with E-state index < -0.39 is 0 Å². The van der Waals surface area contributed by atoms with Gasteiger partial charge in [0, 0.05) is 0 Å².